The molecule has 0 bridgehead atoms. The van der Waals surface area contributed by atoms with Crippen LogP contribution in [0.2, 0.25) is 0 Å². The van der Waals surface area contributed by atoms with E-state index in [1.807, 2.05) is 50.3 Å². The number of benzene rings is 2. The molecule has 3 rings (SSSR count). The van der Waals surface area contributed by atoms with Crippen LogP contribution in [-0.4, -0.2) is 72.1 Å². The topological polar surface area (TPSA) is 55.9 Å². The summed E-state index contributed by atoms with van der Waals surface area (Å²) in [6.45, 7) is 3.37. The number of halogens is 2. The highest BCUT2D eigenvalue weighted by atomic mass is 32.2. The molecule has 6 nitrogen and oxygen atoms in total. The number of likely N-dealkylation sites (N-methyl/N-ethyl adjacent to an activating group) is 1. The van der Waals surface area contributed by atoms with E-state index in [1.54, 1.807) is 0 Å². The Morgan fingerprint density at radius 2 is 1.67 bits per heavy atom. The van der Waals surface area contributed by atoms with E-state index in [9.17, 15) is 17.2 Å². The van der Waals surface area contributed by atoms with Crippen molar-refractivity contribution in [2.24, 2.45) is 0 Å². The number of rotatable bonds is 7. The quantitative estimate of drug-likeness (QED) is 0.719. The lowest BCUT2D eigenvalue weighted by molar-refractivity contribution is 0.113. The molecule has 1 aliphatic rings. The molecule has 0 radical (unpaired) electrons. The Morgan fingerprint density at radius 1 is 1.03 bits per heavy atom. The molecule has 0 unspecified atom stereocenters. The first-order valence-electron chi connectivity index (χ1n) is 9.82. The number of piperazine rings is 1. The summed E-state index contributed by atoms with van der Waals surface area (Å²) < 4.78 is 55.3. The zero-order valence-corrected chi connectivity index (χ0v) is 18.3. The van der Waals surface area contributed by atoms with Crippen LogP contribution in [0.25, 0.3) is 0 Å². The van der Waals surface area contributed by atoms with E-state index in [1.165, 1.54) is 0 Å². The van der Waals surface area contributed by atoms with E-state index in [-0.39, 0.29) is 12.6 Å². The van der Waals surface area contributed by atoms with E-state index in [4.69, 9.17) is 0 Å². The number of nitrogens with one attached hydrogen (secondary N) is 1. The zero-order valence-electron chi connectivity index (χ0n) is 17.5. The van der Waals surface area contributed by atoms with E-state index >= 15 is 0 Å². The second-order valence-electron chi connectivity index (χ2n) is 7.77. The molecular formula is C21H28F2N4O2S. The molecular weight excluding hydrogens is 410 g/mol. The Hall–Kier alpha value is -2.07. The van der Waals surface area contributed by atoms with Gasteiger partial charge in [-0.05, 0) is 42.9 Å². The molecule has 30 heavy (non-hydrogen) atoms. The van der Waals surface area contributed by atoms with Crippen LogP contribution >= 0.6 is 0 Å². The first kappa shape index (κ1) is 22.6. The third-order valence-electron chi connectivity index (χ3n) is 5.42. The predicted octanol–water partition coefficient (Wildman–Crippen LogP) is 2.30. The lowest BCUT2D eigenvalue weighted by Gasteiger charge is -2.38. The molecule has 1 heterocycles. The molecule has 1 fully saturated rings. The van der Waals surface area contributed by atoms with Crippen LogP contribution in [0, 0.1) is 11.6 Å². The molecule has 164 valence electrons. The molecule has 9 heteroatoms. The monoisotopic (exact) mass is 438 g/mol. The maximum atomic E-state index is 14.0. The van der Waals surface area contributed by atoms with Gasteiger partial charge >= 0.3 is 0 Å². The van der Waals surface area contributed by atoms with Gasteiger partial charge < -0.3 is 9.80 Å². The van der Waals surface area contributed by atoms with E-state index < -0.39 is 26.6 Å². The highest BCUT2D eigenvalue weighted by Crippen LogP contribution is 2.25. The Kier molecular flexibility index (Phi) is 7.07. The van der Waals surface area contributed by atoms with E-state index in [0.717, 1.165) is 49.6 Å². The van der Waals surface area contributed by atoms with Crippen molar-refractivity contribution in [1.29, 1.82) is 0 Å². The zero-order chi connectivity index (χ0) is 21.9. The predicted molar refractivity (Wildman–Crippen MR) is 114 cm³/mol. The molecule has 0 amide bonds. The second-order valence-corrected chi connectivity index (χ2v) is 9.50. The largest absolute Gasteiger partial charge is 0.378 e. The molecule has 0 aromatic heterocycles. The fourth-order valence-electron chi connectivity index (χ4n) is 3.54. The Labute approximate surface area is 177 Å². The van der Waals surface area contributed by atoms with Gasteiger partial charge in [0.15, 0.2) is 0 Å². The summed E-state index contributed by atoms with van der Waals surface area (Å²) in [5, 5.41) is 0. The Balaban J connectivity index is 1.84. The van der Waals surface area contributed by atoms with Crippen molar-refractivity contribution in [3.63, 3.8) is 0 Å². The highest BCUT2D eigenvalue weighted by Gasteiger charge is 2.27. The van der Waals surface area contributed by atoms with E-state index in [2.05, 4.69) is 14.5 Å². The minimum atomic E-state index is -4.20. The summed E-state index contributed by atoms with van der Waals surface area (Å²) >= 11 is 0. The SMILES string of the molecule is CN1CCN([C@@H](CNS(=O)(=O)c2cc(F)ccc2F)c2ccc(N(C)C)cc2)CC1. The first-order valence-corrected chi connectivity index (χ1v) is 11.3. The second kappa shape index (κ2) is 9.38. The van der Waals surface area contributed by atoms with Crippen molar-refractivity contribution in [2.75, 3.05) is 58.8 Å². The minimum absolute atomic E-state index is 0.0588. The van der Waals surface area contributed by atoms with Gasteiger partial charge in [0.1, 0.15) is 16.5 Å². The van der Waals surface area contributed by atoms with Crippen LogP contribution in [0.3, 0.4) is 0 Å². The molecule has 1 saturated heterocycles. The van der Waals surface area contributed by atoms with Crippen molar-refractivity contribution in [3.05, 3.63) is 59.7 Å². The van der Waals surface area contributed by atoms with Gasteiger partial charge in [0, 0.05) is 58.5 Å². The standard InChI is InChI=1S/C21H28F2N4O2S/c1-25(2)18-7-4-16(5-8-18)20(27-12-10-26(3)11-13-27)15-24-30(28,29)21-14-17(22)6-9-19(21)23/h4-9,14,20,24H,10-13,15H2,1-3H3/t20-/m0/s1. The molecule has 0 aliphatic carbocycles. The molecule has 0 spiro atoms. The van der Waals surface area contributed by atoms with Gasteiger partial charge in [0.05, 0.1) is 0 Å². The molecule has 1 atom stereocenters. The van der Waals surface area contributed by atoms with Gasteiger partial charge in [-0.1, -0.05) is 12.1 Å². The average molecular weight is 439 g/mol. The number of hydrogen-bond acceptors (Lipinski definition) is 5. The summed E-state index contributed by atoms with van der Waals surface area (Å²) in [7, 11) is 1.76. The van der Waals surface area contributed by atoms with E-state index in [0.29, 0.717) is 6.07 Å². The van der Waals surface area contributed by atoms with Crippen LogP contribution in [-0.2, 0) is 10.0 Å². The number of sulfonamides is 1. The van der Waals surface area contributed by atoms with Gasteiger partial charge in [-0.25, -0.2) is 21.9 Å². The summed E-state index contributed by atoms with van der Waals surface area (Å²) in [6.07, 6.45) is 0. The fourth-order valence-corrected chi connectivity index (χ4v) is 4.66. The minimum Gasteiger partial charge on any atom is -0.378 e. The number of nitrogens with zero attached hydrogens (tertiary/aromatic N) is 3. The van der Waals surface area contributed by atoms with Crippen molar-refractivity contribution in [3.8, 4) is 0 Å². The lowest BCUT2D eigenvalue weighted by atomic mass is 10.0. The van der Waals surface area contributed by atoms with Crippen LogP contribution < -0.4 is 9.62 Å². The van der Waals surface area contributed by atoms with Crippen LogP contribution in [0.1, 0.15) is 11.6 Å². The Morgan fingerprint density at radius 3 is 2.27 bits per heavy atom. The maximum absolute atomic E-state index is 14.0. The van der Waals surface area contributed by atoms with Gasteiger partial charge in [-0.3, -0.25) is 4.90 Å². The molecule has 2 aromatic carbocycles. The van der Waals surface area contributed by atoms with Crippen molar-refractivity contribution in [2.45, 2.75) is 10.9 Å². The third kappa shape index (κ3) is 5.34. The first-order chi connectivity index (χ1) is 14.2. The average Bonchev–Trinajstić information content (AvgIpc) is 2.71. The van der Waals surface area contributed by atoms with Gasteiger partial charge in [0.2, 0.25) is 10.0 Å². The summed E-state index contributed by atoms with van der Waals surface area (Å²) in [6, 6.07) is 10.1. The number of anilines is 1. The smallest absolute Gasteiger partial charge is 0.243 e. The number of hydrogen-bond donors (Lipinski definition) is 1. The van der Waals surface area contributed by atoms with Crippen LogP contribution in [0.4, 0.5) is 14.5 Å². The van der Waals surface area contributed by atoms with Gasteiger partial charge in [0.25, 0.3) is 0 Å². The summed E-state index contributed by atoms with van der Waals surface area (Å²) in [5.74, 6) is -1.78. The van der Waals surface area contributed by atoms with Crippen molar-refractivity contribution >= 4 is 15.7 Å². The molecule has 0 saturated carbocycles. The third-order valence-corrected chi connectivity index (χ3v) is 6.86. The fraction of sp³-hybridized carbons (Fsp3) is 0.429. The van der Waals surface area contributed by atoms with Crippen LogP contribution in [0.15, 0.2) is 47.4 Å². The van der Waals surface area contributed by atoms with Gasteiger partial charge in [-0.2, -0.15) is 0 Å². The van der Waals surface area contributed by atoms with Crippen molar-refractivity contribution < 1.29 is 17.2 Å². The normalized spacial score (nSPS) is 17.1. The summed E-state index contributed by atoms with van der Waals surface area (Å²) in [4.78, 5) is 5.75. The molecule has 1 N–H and O–H groups in total. The lowest BCUT2D eigenvalue weighted by Crippen LogP contribution is -2.48. The van der Waals surface area contributed by atoms with Gasteiger partial charge in [-0.15, -0.1) is 0 Å². The van der Waals surface area contributed by atoms with Crippen LogP contribution in [0.5, 0.6) is 0 Å². The summed E-state index contributed by atoms with van der Waals surface area (Å²) in [5.41, 5.74) is 2.01. The Bertz CT molecular complexity index is 959. The highest BCUT2D eigenvalue weighted by molar-refractivity contribution is 7.89. The molecule has 1 aliphatic heterocycles. The molecule has 2 aromatic rings. The maximum Gasteiger partial charge on any atom is 0.243 e. The van der Waals surface area contributed by atoms with Crippen molar-refractivity contribution in [1.82, 2.24) is 14.5 Å².